The highest BCUT2D eigenvalue weighted by Gasteiger charge is 2.21. The number of carbonyl (C=O) groups is 1. The molecule has 0 aromatic carbocycles. The van der Waals surface area contributed by atoms with Gasteiger partial charge < -0.3 is 10.1 Å². The SMILES string of the molecule is O=C(NCCc1csc(-c2cccnc2)n1)C1CCCCO1. The van der Waals surface area contributed by atoms with Crippen LogP contribution in [0.1, 0.15) is 25.0 Å². The molecule has 1 unspecified atom stereocenters. The van der Waals surface area contributed by atoms with Crippen LogP contribution in [0.25, 0.3) is 10.6 Å². The molecule has 2 aromatic heterocycles. The first-order valence-electron chi connectivity index (χ1n) is 7.57. The van der Waals surface area contributed by atoms with Crippen LogP contribution in [0.3, 0.4) is 0 Å². The molecule has 1 fully saturated rings. The Morgan fingerprint density at radius 3 is 3.18 bits per heavy atom. The highest BCUT2D eigenvalue weighted by Crippen LogP contribution is 2.22. The number of nitrogens with one attached hydrogen (secondary N) is 1. The lowest BCUT2D eigenvalue weighted by atomic mass is 10.1. The van der Waals surface area contributed by atoms with E-state index in [1.54, 1.807) is 17.5 Å². The fourth-order valence-corrected chi connectivity index (χ4v) is 3.26. The third-order valence-corrected chi connectivity index (χ3v) is 4.55. The lowest BCUT2D eigenvalue weighted by Gasteiger charge is -2.21. The van der Waals surface area contributed by atoms with Crippen LogP contribution in [0.4, 0.5) is 0 Å². The first-order chi connectivity index (χ1) is 10.8. The molecule has 116 valence electrons. The molecular formula is C16H19N3O2S. The molecule has 5 nitrogen and oxygen atoms in total. The number of thiazole rings is 1. The molecule has 1 saturated heterocycles. The van der Waals surface area contributed by atoms with E-state index in [0.29, 0.717) is 13.2 Å². The average Bonchev–Trinajstić information content (AvgIpc) is 3.05. The largest absolute Gasteiger partial charge is 0.368 e. The van der Waals surface area contributed by atoms with Gasteiger partial charge in [-0.2, -0.15) is 0 Å². The monoisotopic (exact) mass is 317 g/mol. The topological polar surface area (TPSA) is 64.1 Å². The third kappa shape index (κ3) is 3.90. The molecule has 1 aliphatic heterocycles. The van der Waals surface area contributed by atoms with Gasteiger partial charge in [-0.15, -0.1) is 11.3 Å². The Morgan fingerprint density at radius 1 is 1.45 bits per heavy atom. The van der Waals surface area contributed by atoms with Crippen LogP contribution in [-0.2, 0) is 16.0 Å². The van der Waals surface area contributed by atoms with Gasteiger partial charge in [0.1, 0.15) is 11.1 Å². The fraction of sp³-hybridized carbons (Fsp3) is 0.438. The second-order valence-corrected chi connectivity index (χ2v) is 6.14. The van der Waals surface area contributed by atoms with Gasteiger partial charge in [0.25, 0.3) is 0 Å². The second kappa shape index (κ2) is 7.47. The maximum Gasteiger partial charge on any atom is 0.249 e. The summed E-state index contributed by atoms with van der Waals surface area (Å²) in [6.45, 7) is 1.29. The van der Waals surface area contributed by atoms with Gasteiger partial charge >= 0.3 is 0 Å². The molecule has 1 N–H and O–H groups in total. The molecule has 0 spiro atoms. The van der Waals surface area contributed by atoms with Crippen molar-refractivity contribution in [2.45, 2.75) is 31.8 Å². The van der Waals surface area contributed by atoms with Crippen molar-refractivity contribution in [3.63, 3.8) is 0 Å². The molecule has 0 saturated carbocycles. The minimum absolute atomic E-state index is 0.00223. The molecule has 3 heterocycles. The second-order valence-electron chi connectivity index (χ2n) is 5.28. The number of amides is 1. The summed E-state index contributed by atoms with van der Waals surface area (Å²) in [4.78, 5) is 20.6. The van der Waals surface area contributed by atoms with Crippen molar-refractivity contribution < 1.29 is 9.53 Å². The first kappa shape index (κ1) is 15.1. The summed E-state index contributed by atoms with van der Waals surface area (Å²) in [5.74, 6) is 0.00223. The third-order valence-electron chi connectivity index (χ3n) is 3.61. The summed E-state index contributed by atoms with van der Waals surface area (Å²) >= 11 is 1.60. The molecule has 1 amide bonds. The van der Waals surface area contributed by atoms with E-state index in [4.69, 9.17) is 4.74 Å². The first-order valence-corrected chi connectivity index (χ1v) is 8.45. The zero-order chi connectivity index (χ0) is 15.2. The van der Waals surface area contributed by atoms with Gasteiger partial charge in [0.05, 0.1) is 5.69 Å². The number of rotatable bonds is 5. The van der Waals surface area contributed by atoms with Crippen molar-refractivity contribution in [1.29, 1.82) is 0 Å². The molecule has 0 radical (unpaired) electrons. The maximum absolute atomic E-state index is 12.0. The van der Waals surface area contributed by atoms with Crippen molar-refractivity contribution >= 4 is 17.2 Å². The molecule has 2 aromatic rings. The van der Waals surface area contributed by atoms with Crippen molar-refractivity contribution in [3.05, 3.63) is 35.6 Å². The minimum Gasteiger partial charge on any atom is -0.368 e. The number of hydrogen-bond donors (Lipinski definition) is 1. The molecule has 0 aliphatic carbocycles. The lowest BCUT2D eigenvalue weighted by Crippen LogP contribution is -2.39. The Balaban J connectivity index is 1.48. The predicted octanol–water partition coefficient (Wildman–Crippen LogP) is 2.43. The fourth-order valence-electron chi connectivity index (χ4n) is 2.42. The number of ether oxygens (including phenoxy) is 1. The quantitative estimate of drug-likeness (QED) is 0.920. The Hall–Kier alpha value is -1.79. The van der Waals surface area contributed by atoms with Crippen LogP contribution in [-0.4, -0.2) is 35.1 Å². The van der Waals surface area contributed by atoms with Crippen LogP contribution in [0.5, 0.6) is 0 Å². The van der Waals surface area contributed by atoms with Crippen LogP contribution in [0, 0.1) is 0 Å². The Kier molecular flexibility index (Phi) is 5.13. The van der Waals surface area contributed by atoms with E-state index in [9.17, 15) is 4.79 Å². The van der Waals surface area contributed by atoms with Gasteiger partial charge in [0.15, 0.2) is 0 Å². The van der Waals surface area contributed by atoms with E-state index in [-0.39, 0.29) is 12.0 Å². The van der Waals surface area contributed by atoms with Crippen LogP contribution >= 0.6 is 11.3 Å². The Morgan fingerprint density at radius 2 is 2.41 bits per heavy atom. The number of hydrogen-bond acceptors (Lipinski definition) is 5. The van der Waals surface area contributed by atoms with E-state index < -0.39 is 0 Å². The van der Waals surface area contributed by atoms with Gasteiger partial charge in [-0.3, -0.25) is 9.78 Å². The smallest absolute Gasteiger partial charge is 0.249 e. The lowest BCUT2D eigenvalue weighted by molar-refractivity contribution is -0.135. The molecule has 3 rings (SSSR count). The van der Waals surface area contributed by atoms with E-state index in [0.717, 1.165) is 41.9 Å². The van der Waals surface area contributed by atoms with Gasteiger partial charge in [0.2, 0.25) is 5.91 Å². The van der Waals surface area contributed by atoms with Crippen molar-refractivity contribution in [1.82, 2.24) is 15.3 Å². The van der Waals surface area contributed by atoms with Crippen molar-refractivity contribution in [2.75, 3.05) is 13.2 Å². The van der Waals surface area contributed by atoms with Crippen LogP contribution < -0.4 is 5.32 Å². The summed E-state index contributed by atoms with van der Waals surface area (Å²) < 4.78 is 5.47. The number of nitrogens with zero attached hydrogens (tertiary/aromatic N) is 2. The maximum atomic E-state index is 12.0. The highest BCUT2D eigenvalue weighted by molar-refractivity contribution is 7.13. The van der Waals surface area contributed by atoms with Gasteiger partial charge in [-0.1, -0.05) is 0 Å². The standard InChI is InChI=1S/C16H19N3O2S/c20-15(14-5-1-2-9-21-14)18-8-6-13-11-22-16(19-13)12-4-3-7-17-10-12/h3-4,7,10-11,14H,1-2,5-6,8-9H2,(H,18,20). The van der Waals surface area contributed by atoms with E-state index >= 15 is 0 Å². The zero-order valence-corrected chi connectivity index (χ0v) is 13.1. The molecule has 1 atom stereocenters. The molecule has 1 aliphatic rings. The van der Waals surface area contributed by atoms with Gasteiger partial charge in [-0.05, 0) is 31.4 Å². The number of carbonyl (C=O) groups excluding carboxylic acids is 1. The van der Waals surface area contributed by atoms with E-state index in [2.05, 4.69) is 15.3 Å². The Bertz CT molecular complexity index is 609. The summed E-state index contributed by atoms with van der Waals surface area (Å²) in [6, 6.07) is 3.90. The molecule has 6 heteroatoms. The minimum atomic E-state index is -0.268. The molecule has 22 heavy (non-hydrogen) atoms. The van der Waals surface area contributed by atoms with Crippen molar-refractivity contribution in [2.24, 2.45) is 0 Å². The number of pyridine rings is 1. The normalized spacial score (nSPS) is 18.1. The van der Waals surface area contributed by atoms with Crippen molar-refractivity contribution in [3.8, 4) is 10.6 Å². The molecular weight excluding hydrogens is 298 g/mol. The number of aromatic nitrogens is 2. The summed E-state index contributed by atoms with van der Waals surface area (Å²) in [5.41, 5.74) is 2.02. The summed E-state index contributed by atoms with van der Waals surface area (Å²) in [6.07, 6.45) is 6.97. The predicted molar refractivity (Wildman–Crippen MR) is 85.6 cm³/mol. The average molecular weight is 317 g/mol. The van der Waals surface area contributed by atoms with Gasteiger partial charge in [0, 0.05) is 42.9 Å². The highest BCUT2D eigenvalue weighted by atomic mass is 32.1. The Labute approximate surface area is 133 Å². The van der Waals surface area contributed by atoms with E-state index in [1.807, 2.05) is 23.7 Å². The molecule has 0 bridgehead atoms. The zero-order valence-electron chi connectivity index (χ0n) is 12.3. The van der Waals surface area contributed by atoms with Crippen LogP contribution in [0.2, 0.25) is 0 Å². The summed E-state index contributed by atoms with van der Waals surface area (Å²) in [7, 11) is 0. The summed E-state index contributed by atoms with van der Waals surface area (Å²) in [5, 5.41) is 5.93. The van der Waals surface area contributed by atoms with Crippen LogP contribution in [0.15, 0.2) is 29.9 Å². The van der Waals surface area contributed by atoms with Gasteiger partial charge in [-0.25, -0.2) is 4.98 Å². The van der Waals surface area contributed by atoms with E-state index in [1.165, 1.54) is 0 Å².